The van der Waals surface area contributed by atoms with Gasteiger partial charge in [0, 0.05) is 39.1 Å². The van der Waals surface area contributed by atoms with E-state index in [-0.39, 0.29) is 24.3 Å². The number of hydrogen-bond acceptors (Lipinski definition) is 7. The number of piperidine rings is 1. The molecule has 3 heterocycles. The maximum Gasteiger partial charge on any atom is 0.255 e. The summed E-state index contributed by atoms with van der Waals surface area (Å²) >= 11 is 0. The van der Waals surface area contributed by atoms with Crippen LogP contribution in [0.4, 0.5) is 0 Å². The van der Waals surface area contributed by atoms with Gasteiger partial charge in [-0.3, -0.25) is 4.79 Å². The summed E-state index contributed by atoms with van der Waals surface area (Å²) in [5, 5.41) is 2.71. The zero-order valence-corrected chi connectivity index (χ0v) is 18.4. The molecule has 0 aromatic heterocycles. The van der Waals surface area contributed by atoms with Crippen LogP contribution in [0.3, 0.4) is 0 Å². The van der Waals surface area contributed by atoms with E-state index in [0.717, 1.165) is 19.4 Å². The SMILES string of the molecule is O=C(NCCS(=O)(=O)N1CCC2(CC1)OCCO2)c1ccccc1OCC1CCCO1. The third-order valence-corrected chi connectivity index (χ3v) is 7.79. The number of para-hydroxylation sites is 1. The van der Waals surface area contributed by atoms with Crippen LogP contribution in [0, 0.1) is 0 Å². The molecular weight excluding hydrogens is 424 g/mol. The van der Waals surface area contributed by atoms with Gasteiger partial charge < -0.3 is 24.3 Å². The first-order valence-electron chi connectivity index (χ1n) is 10.8. The average Bonchev–Trinajstić information content (AvgIpc) is 3.45. The third kappa shape index (κ3) is 5.56. The van der Waals surface area contributed by atoms with Crippen LogP contribution in [0.25, 0.3) is 0 Å². The predicted octanol–water partition coefficient (Wildman–Crippen LogP) is 1.14. The monoisotopic (exact) mass is 454 g/mol. The van der Waals surface area contributed by atoms with Crippen LogP contribution in [0.2, 0.25) is 0 Å². The molecule has 1 atom stereocenters. The van der Waals surface area contributed by atoms with Crippen LogP contribution in [0.5, 0.6) is 5.75 Å². The molecule has 0 radical (unpaired) electrons. The van der Waals surface area contributed by atoms with Crippen molar-refractivity contribution in [3.05, 3.63) is 29.8 Å². The van der Waals surface area contributed by atoms with Crippen LogP contribution in [0.15, 0.2) is 24.3 Å². The Hall–Kier alpha value is -1.72. The standard InChI is InChI=1S/C21H30N2O7S/c24-20(18-5-1-2-6-19(18)28-16-17-4-3-12-27-17)22-9-15-31(25,26)23-10-7-21(8-11-23)29-13-14-30-21/h1-2,5-6,17H,3-4,7-16H2,(H,22,24). The fourth-order valence-electron chi connectivity index (χ4n) is 4.15. The van der Waals surface area contributed by atoms with Crippen molar-refractivity contribution < 1.29 is 32.2 Å². The van der Waals surface area contributed by atoms with Crippen molar-refractivity contribution >= 4 is 15.9 Å². The summed E-state index contributed by atoms with van der Waals surface area (Å²) in [6.45, 7) is 2.97. The summed E-state index contributed by atoms with van der Waals surface area (Å²) < 4.78 is 49.4. The molecule has 1 spiro atoms. The van der Waals surface area contributed by atoms with E-state index in [1.54, 1.807) is 24.3 Å². The van der Waals surface area contributed by atoms with Crippen LogP contribution < -0.4 is 10.1 Å². The Labute approximate surface area is 183 Å². The fraction of sp³-hybridized carbons (Fsp3) is 0.667. The number of nitrogens with zero attached hydrogens (tertiary/aromatic N) is 1. The molecule has 0 saturated carbocycles. The fourth-order valence-corrected chi connectivity index (χ4v) is 5.50. The minimum atomic E-state index is -3.48. The molecule has 10 heteroatoms. The molecule has 31 heavy (non-hydrogen) atoms. The highest BCUT2D eigenvalue weighted by Gasteiger charge is 2.42. The molecule has 9 nitrogen and oxygen atoms in total. The molecule has 1 unspecified atom stereocenters. The predicted molar refractivity (Wildman–Crippen MR) is 112 cm³/mol. The van der Waals surface area contributed by atoms with Gasteiger partial charge in [-0.1, -0.05) is 12.1 Å². The molecular formula is C21H30N2O7S. The van der Waals surface area contributed by atoms with Gasteiger partial charge in [-0.2, -0.15) is 0 Å². The van der Waals surface area contributed by atoms with Crippen LogP contribution in [0.1, 0.15) is 36.0 Å². The lowest BCUT2D eigenvalue weighted by Gasteiger charge is -2.36. The van der Waals surface area contributed by atoms with E-state index in [9.17, 15) is 13.2 Å². The highest BCUT2D eigenvalue weighted by atomic mass is 32.2. The largest absolute Gasteiger partial charge is 0.490 e. The Morgan fingerprint density at radius 1 is 1.16 bits per heavy atom. The molecule has 0 bridgehead atoms. The molecule has 1 amide bonds. The Morgan fingerprint density at radius 2 is 1.90 bits per heavy atom. The molecule has 1 N–H and O–H groups in total. The second-order valence-electron chi connectivity index (χ2n) is 8.02. The highest BCUT2D eigenvalue weighted by Crippen LogP contribution is 2.32. The topological polar surface area (TPSA) is 103 Å². The lowest BCUT2D eigenvalue weighted by Crippen LogP contribution is -2.48. The van der Waals surface area contributed by atoms with Gasteiger partial charge in [0.1, 0.15) is 12.4 Å². The number of carbonyl (C=O) groups excluding carboxylic acids is 1. The maximum absolute atomic E-state index is 12.7. The van der Waals surface area contributed by atoms with E-state index in [2.05, 4.69) is 5.32 Å². The van der Waals surface area contributed by atoms with Gasteiger partial charge in [0.05, 0.1) is 30.6 Å². The minimum absolute atomic E-state index is 0.0237. The maximum atomic E-state index is 12.7. The molecule has 3 fully saturated rings. The number of rotatable bonds is 8. The molecule has 3 saturated heterocycles. The molecule has 1 aromatic rings. The lowest BCUT2D eigenvalue weighted by atomic mass is 10.1. The molecule has 0 aliphatic carbocycles. The summed E-state index contributed by atoms with van der Waals surface area (Å²) in [6, 6.07) is 6.95. The van der Waals surface area contributed by atoms with E-state index < -0.39 is 15.8 Å². The minimum Gasteiger partial charge on any atom is -0.490 e. The summed E-state index contributed by atoms with van der Waals surface area (Å²) in [6.07, 6.45) is 3.05. The van der Waals surface area contributed by atoms with E-state index in [1.165, 1.54) is 4.31 Å². The number of benzene rings is 1. The zero-order chi connectivity index (χ0) is 21.7. The average molecular weight is 455 g/mol. The second-order valence-corrected chi connectivity index (χ2v) is 10.1. The van der Waals surface area contributed by atoms with Crippen molar-refractivity contribution in [2.75, 3.05) is 51.8 Å². The van der Waals surface area contributed by atoms with Crippen molar-refractivity contribution in [1.82, 2.24) is 9.62 Å². The van der Waals surface area contributed by atoms with Gasteiger partial charge >= 0.3 is 0 Å². The first-order chi connectivity index (χ1) is 15.0. The molecule has 172 valence electrons. The highest BCUT2D eigenvalue weighted by molar-refractivity contribution is 7.89. The third-order valence-electron chi connectivity index (χ3n) is 5.92. The number of amides is 1. The zero-order valence-electron chi connectivity index (χ0n) is 17.6. The van der Waals surface area contributed by atoms with Gasteiger partial charge in [-0.15, -0.1) is 0 Å². The normalized spacial score (nSPS) is 23.8. The van der Waals surface area contributed by atoms with Crippen LogP contribution in [-0.2, 0) is 24.2 Å². The number of nitrogens with one attached hydrogen (secondary N) is 1. The van der Waals surface area contributed by atoms with Crippen LogP contribution in [-0.4, -0.2) is 82.3 Å². The first kappa shape index (κ1) is 22.5. The van der Waals surface area contributed by atoms with E-state index in [4.69, 9.17) is 18.9 Å². The molecule has 3 aliphatic rings. The Bertz CT molecular complexity index is 854. The Balaban J connectivity index is 1.26. The van der Waals surface area contributed by atoms with E-state index in [1.807, 2.05) is 0 Å². The van der Waals surface area contributed by atoms with Gasteiger partial charge in [-0.05, 0) is 25.0 Å². The Morgan fingerprint density at radius 3 is 2.61 bits per heavy atom. The van der Waals surface area contributed by atoms with Gasteiger partial charge in [0.25, 0.3) is 5.91 Å². The van der Waals surface area contributed by atoms with Crippen molar-refractivity contribution in [2.24, 2.45) is 0 Å². The number of hydrogen-bond donors (Lipinski definition) is 1. The summed E-state index contributed by atoms with van der Waals surface area (Å²) in [5.74, 6) is -0.667. The van der Waals surface area contributed by atoms with Crippen LogP contribution >= 0.6 is 0 Å². The van der Waals surface area contributed by atoms with Crippen molar-refractivity contribution in [1.29, 1.82) is 0 Å². The quantitative estimate of drug-likeness (QED) is 0.628. The van der Waals surface area contributed by atoms with E-state index >= 15 is 0 Å². The second kappa shape index (κ2) is 9.83. The summed E-state index contributed by atoms with van der Waals surface area (Å²) in [5.41, 5.74) is 0.383. The van der Waals surface area contributed by atoms with E-state index in [0.29, 0.717) is 57.1 Å². The van der Waals surface area contributed by atoms with Gasteiger partial charge in [0.15, 0.2) is 5.79 Å². The Kier molecular flexibility index (Phi) is 7.12. The summed E-state index contributed by atoms with van der Waals surface area (Å²) in [7, 11) is -3.48. The summed E-state index contributed by atoms with van der Waals surface area (Å²) in [4.78, 5) is 12.6. The first-order valence-corrected chi connectivity index (χ1v) is 12.5. The van der Waals surface area contributed by atoms with Crippen molar-refractivity contribution in [3.8, 4) is 5.75 Å². The number of ether oxygens (including phenoxy) is 4. The van der Waals surface area contributed by atoms with Gasteiger partial charge in [0.2, 0.25) is 10.0 Å². The number of carbonyl (C=O) groups is 1. The smallest absolute Gasteiger partial charge is 0.255 e. The molecule has 4 rings (SSSR count). The van der Waals surface area contributed by atoms with Crippen molar-refractivity contribution in [3.63, 3.8) is 0 Å². The lowest BCUT2D eigenvalue weighted by molar-refractivity contribution is -0.179. The number of sulfonamides is 1. The molecule has 1 aromatic carbocycles. The molecule has 3 aliphatic heterocycles. The van der Waals surface area contributed by atoms with Crippen molar-refractivity contribution in [2.45, 2.75) is 37.6 Å². The van der Waals surface area contributed by atoms with Gasteiger partial charge in [-0.25, -0.2) is 12.7 Å².